The average molecular weight is 1500 g/mol. The summed E-state index contributed by atoms with van der Waals surface area (Å²) < 4.78 is 7.33. The fourth-order valence-corrected chi connectivity index (χ4v) is 33.4. The minimum absolute atomic E-state index is 0.562. The van der Waals surface area contributed by atoms with E-state index in [9.17, 15) is 0 Å². The van der Waals surface area contributed by atoms with Crippen molar-refractivity contribution in [2.45, 2.75) is 0 Å². The Morgan fingerprint density at radius 3 is 1.01 bits per heavy atom. The lowest BCUT2D eigenvalue weighted by atomic mass is 10.1. The SMILES string of the molecule is c1ccc(-c2cccc([Si](c3ccccc3)(c3ccccc3)c3ccc(-c4cc(-n5c6ccccc6c6ccc([Si](c7ccccc7)(c7ccccc7)c7ccccc7)cc65)nc(-n5c6ccccc6c6ccc7c(c8ccccc8n7-c7cccc([Si](c8ccccc8)(c8ccccc8)c8ccccc8)c7)c65)n4)cc3)c2)cc1. The van der Waals surface area contributed by atoms with Crippen LogP contribution in [0.4, 0.5) is 0 Å². The summed E-state index contributed by atoms with van der Waals surface area (Å²) in [6.45, 7) is 0. The maximum atomic E-state index is 6.13. The molecule has 0 saturated heterocycles. The van der Waals surface area contributed by atoms with Crippen LogP contribution in [0.1, 0.15) is 0 Å². The summed E-state index contributed by atoms with van der Waals surface area (Å²) in [6.07, 6.45) is 0. The number of benzene rings is 17. The number of fused-ring (bicyclic) bond motifs is 10. The molecular formula is C106H75N5Si3. The van der Waals surface area contributed by atoms with E-state index < -0.39 is 24.2 Å². The van der Waals surface area contributed by atoms with Gasteiger partial charge in [-0.25, -0.2) is 4.98 Å². The highest BCUT2D eigenvalue weighted by Crippen LogP contribution is 2.43. The third kappa shape index (κ3) is 10.9. The van der Waals surface area contributed by atoms with Gasteiger partial charge in [0.2, 0.25) is 5.95 Å². The van der Waals surface area contributed by atoms with Gasteiger partial charge >= 0.3 is 0 Å². The zero-order chi connectivity index (χ0) is 75.6. The summed E-state index contributed by atoms with van der Waals surface area (Å²) in [7, 11) is -9.11. The molecule has 0 fully saturated rings. The molecule has 5 nitrogen and oxygen atoms in total. The van der Waals surface area contributed by atoms with Gasteiger partial charge in [-0.3, -0.25) is 9.13 Å². The van der Waals surface area contributed by atoms with Gasteiger partial charge < -0.3 is 4.57 Å². The van der Waals surface area contributed by atoms with Crippen LogP contribution in [0.3, 0.4) is 0 Å². The van der Waals surface area contributed by atoms with Crippen molar-refractivity contribution in [3.63, 3.8) is 0 Å². The first-order valence-electron chi connectivity index (χ1n) is 39.3. The summed E-state index contributed by atoms with van der Waals surface area (Å²) in [5.74, 6) is 1.32. The first-order chi connectivity index (χ1) is 56.6. The zero-order valence-electron chi connectivity index (χ0n) is 62.5. The van der Waals surface area contributed by atoms with Crippen LogP contribution in [0.5, 0.6) is 0 Å². The molecule has 0 N–H and O–H groups in total. The van der Waals surface area contributed by atoms with E-state index in [4.69, 9.17) is 9.97 Å². The Balaban J connectivity index is 0.838. The van der Waals surface area contributed by atoms with Crippen LogP contribution >= 0.6 is 0 Å². The molecule has 114 heavy (non-hydrogen) atoms. The molecule has 0 aliphatic rings. The van der Waals surface area contributed by atoms with E-state index in [1.165, 1.54) is 73.4 Å². The second-order valence-corrected chi connectivity index (χ2v) is 41.2. The molecule has 4 heterocycles. The van der Waals surface area contributed by atoms with Crippen molar-refractivity contribution < 1.29 is 0 Å². The first kappa shape index (κ1) is 67.9. The maximum Gasteiger partial charge on any atom is 0.237 e. The normalized spacial score (nSPS) is 12.0. The Morgan fingerprint density at radius 1 is 0.184 bits per heavy atom. The van der Waals surface area contributed by atoms with Gasteiger partial charge in [0.15, 0.2) is 24.2 Å². The molecule has 4 aromatic heterocycles. The summed E-state index contributed by atoms with van der Waals surface area (Å²) in [5, 5.41) is 22.4. The van der Waals surface area contributed by atoms with Crippen LogP contribution in [-0.2, 0) is 0 Å². The highest BCUT2D eigenvalue weighted by molar-refractivity contribution is 7.21. The molecule has 21 rings (SSSR count). The Hall–Kier alpha value is -14.1. The highest BCUT2D eigenvalue weighted by atomic mass is 28.3. The van der Waals surface area contributed by atoms with Crippen LogP contribution in [0.25, 0.3) is 105 Å². The molecule has 0 atom stereocenters. The van der Waals surface area contributed by atoms with Gasteiger partial charge in [-0.05, 0) is 116 Å². The molecule has 0 radical (unpaired) electrons. The van der Waals surface area contributed by atoms with Gasteiger partial charge in [-0.2, -0.15) is 4.98 Å². The molecule has 0 unspecified atom stereocenters. The molecule has 0 amide bonds. The summed E-state index contributed by atoms with van der Waals surface area (Å²) in [5.41, 5.74) is 11.6. The molecule has 8 heteroatoms. The van der Waals surface area contributed by atoms with Gasteiger partial charge in [-0.15, -0.1) is 0 Å². The van der Waals surface area contributed by atoms with Crippen LogP contribution in [0, 0.1) is 0 Å². The number of rotatable bonds is 17. The van der Waals surface area contributed by atoms with Crippen molar-refractivity contribution in [3.05, 3.63) is 455 Å². The number of hydrogen-bond donors (Lipinski definition) is 0. The second kappa shape index (κ2) is 28.3. The molecule has 21 aromatic rings. The number of para-hydroxylation sites is 3. The summed E-state index contributed by atoms with van der Waals surface area (Å²) in [6, 6.07) is 170. The van der Waals surface area contributed by atoms with E-state index >= 15 is 0 Å². The average Bonchev–Trinajstić information content (AvgIpc) is 1.55. The standard InChI is InChI=1S/C106H75N5Si3/c1-10-36-76(37-11-1)78-38-34-56-89(72-78)114(86-52-24-8-25-53-86,87-54-26-9-27-55-87)88-66-64-77(65-67-88)97-75-103(110-98-61-31-28-58-92(98)94-69-68-91(74-102(94)110)113(83-46-18-5-19-47-83,84-48-20-6-21-49-84)85-50-22-7-23-51-85)108-106(107-97)111-99-62-32-29-59-93(99)95-70-71-101-104(105(95)111)96-60-30-33-63-100(96)109(101)79-39-35-57-90(73-79)112(80-40-12-2-13-41-80,81-42-14-3-15-43-81)82-44-16-4-17-45-82/h1-75H. The second-order valence-electron chi connectivity index (χ2n) is 29.8. The van der Waals surface area contributed by atoms with Crippen molar-refractivity contribution in [2.24, 2.45) is 0 Å². The Morgan fingerprint density at radius 2 is 0.526 bits per heavy atom. The third-order valence-corrected chi connectivity index (χ3v) is 38.2. The van der Waals surface area contributed by atoms with E-state index in [2.05, 4.69) is 469 Å². The van der Waals surface area contributed by atoms with Gasteiger partial charge in [0, 0.05) is 49.6 Å². The molecule has 0 aliphatic heterocycles. The Labute approximate surface area is 665 Å². The molecule has 0 spiro atoms. The van der Waals surface area contributed by atoms with Crippen LogP contribution < -0.4 is 62.2 Å². The summed E-state index contributed by atoms with van der Waals surface area (Å²) >= 11 is 0. The monoisotopic (exact) mass is 1500 g/mol. The number of nitrogens with zero attached hydrogens (tertiary/aromatic N) is 5. The minimum Gasteiger partial charge on any atom is -0.309 e. The van der Waals surface area contributed by atoms with E-state index in [1.807, 2.05) is 0 Å². The van der Waals surface area contributed by atoms with E-state index in [1.54, 1.807) is 0 Å². The van der Waals surface area contributed by atoms with E-state index in [-0.39, 0.29) is 0 Å². The van der Waals surface area contributed by atoms with Crippen molar-refractivity contribution in [1.82, 2.24) is 23.7 Å². The van der Waals surface area contributed by atoms with E-state index in [0.717, 1.165) is 88.2 Å². The van der Waals surface area contributed by atoms with E-state index in [0.29, 0.717) is 5.95 Å². The van der Waals surface area contributed by atoms with Gasteiger partial charge in [0.05, 0.1) is 38.8 Å². The van der Waals surface area contributed by atoms with Crippen molar-refractivity contribution >= 4 is 152 Å². The van der Waals surface area contributed by atoms with Crippen LogP contribution in [0.15, 0.2) is 455 Å². The predicted molar refractivity (Wildman–Crippen MR) is 487 cm³/mol. The van der Waals surface area contributed by atoms with Crippen molar-refractivity contribution in [2.75, 3.05) is 0 Å². The summed E-state index contributed by atoms with van der Waals surface area (Å²) in [4.78, 5) is 12.2. The molecule has 0 aliphatic carbocycles. The fourth-order valence-electron chi connectivity index (χ4n) is 19.1. The molecule has 536 valence electrons. The minimum atomic E-state index is -3.08. The lowest BCUT2D eigenvalue weighted by molar-refractivity contribution is 0.954. The van der Waals surface area contributed by atoms with Crippen LogP contribution in [0.2, 0.25) is 0 Å². The molecule has 0 saturated carbocycles. The van der Waals surface area contributed by atoms with Gasteiger partial charge in [0.1, 0.15) is 5.82 Å². The Kier molecular flexibility index (Phi) is 16.9. The fraction of sp³-hybridized carbons (Fsp3) is 0. The quantitative estimate of drug-likeness (QED) is 0.0673. The maximum absolute atomic E-state index is 6.13. The topological polar surface area (TPSA) is 40.6 Å². The molecular weight excluding hydrogens is 1430 g/mol. The van der Waals surface area contributed by atoms with Crippen molar-refractivity contribution in [3.8, 4) is 39.8 Å². The zero-order valence-corrected chi connectivity index (χ0v) is 65.5. The lowest BCUT2D eigenvalue weighted by Crippen LogP contribution is -2.74. The van der Waals surface area contributed by atoms with Crippen molar-refractivity contribution in [1.29, 1.82) is 0 Å². The largest absolute Gasteiger partial charge is 0.309 e. The Bertz CT molecular complexity index is 6890. The first-order valence-corrected chi connectivity index (χ1v) is 45.3. The van der Waals surface area contributed by atoms with Gasteiger partial charge in [0.25, 0.3) is 0 Å². The van der Waals surface area contributed by atoms with Gasteiger partial charge in [-0.1, -0.05) is 406 Å². The lowest BCUT2D eigenvalue weighted by Gasteiger charge is -2.35. The number of hydrogen-bond acceptors (Lipinski definition) is 2. The molecule has 0 bridgehead atoms. The third-order valence-electron chi connectivity index (χ3n) is 23.9. The smallest absolute Gasteiger partial charge is 0.237 e. The molecule has 17 aromatic carbocycles. The predicted octanol–water partition coefficient (Wildman–Crippen LogP) is 17.2. The highest BCUT2D eigenvalue weighted by Gasteiger charge is 2.45. The number of aromatic nitrogens is 5. The van der Waals surface area contributed by atoms with Crippen LogP contribution in [-0.4, -0.2) is 47.9 Å².